The maximum atomic E-state index is 11.9. The SMILES string of the molecule is CCCCNC1CC(C)(C)N(C(C)=O)C(C)(C)C1. The second-order valence-corrected chi connectivity index (χ2v) is 6.89. The molecule has 0 unspecified atom stereocenters. The average molecular weight is 254 g/mol. The molecule has 0 aromatic carbocycles. The molecular formula is C15H30N2O. The molecular weight excluding hydrogens is 224 g/mol. The van der Waals surface area contributed by atoms with Crippen LogP contribution in [0.3, 0.4) is 0 Å². The minimum Gasteiger partial charge on any atom is -0.333 e. The van der Waals surface area contributed by atoms with Gasteiger partial charge in [-0.15, -0.1) is 0 Å². The summed E-state index contributed by atoms with van der Waals surface area (Å²) in [6, 6.07) is 0.525. The third kappa shape index (κ3) is 3.47. The van der Waals surface area contributed by atoms with Crippen molar-refractivity contribution in [2.45, 2.75) is 84.3 Å². The molecule has 0 atom stereocenters. The molecule has 3 nitrogen and oxygen atoms in total. The number of nitrogens with zero attached hydrogens (tertiary/aromatic N) is 1. The molecule has 1 aliphatic rings. The first-order chi connectivity index (χ1) is 8.20. The molecule has 1 heterocycles. The highest BCUT2D eigenvalue weighted by atomic mass is 16.2. The van der Waals surface area contributed by atoms with Crippen LogP contribution in [0.25, 0.3) is 0 Å². The van der Waals surface area contributed by atoms with Crippen LogP contribution in [0.4, 0.5) is 0 Å². The number of carbonyl (C=O) groups excluding carboxylic acids is 1. The lowest BCUT2D eigenvalue weighted by Gasteiger charge is -2.55. The van der Waals surface area contributed by atoms with E-state index in [2.05, 4.69) is 44.8 Å². The molecule has 0 aromatic rings. The zero-order chi connectivity index (χ0) is 14.0. The van der Waals surface area contributed by atoms with Crippen LogP contribution in [0.15, 0.2) is 0 Å². The predicted molar refractivity (Wildman–Crippen MR) is 76.6 cm³/mol. The molecule has 0 aliphatic carbocycles. The summed E-state index contributed by atoms with van der Waals surface area (Å²) in [5.74, 6) is 0.192. The Morgan fingerprint density at radius 3 is 2.11 bits per heavy atom. The number of hydrogen-bond donors (Lipinski definition) is 1. The lowest BCUT2D eigenvalue weighted by molar-refractivity contribution is -0.147. The molecule has 1 fully saturated rings. The Labute approximate surface area is 112 Å². The van der Waals surface area contributed by atoms with Gasteiger partial charge in [0.25, 0.3) is 0 Å². The van der Waals surface area contributed by atoms with Gasteiger partial charge in [-0.05, 0) is 53.5 Å². The number of piperidine rings is 1. The Morgan fingerprint density at radius 2 is 1.72 bits per heavy atom. The van der Waals surface area contributed by atoms with Gasteiger partial charge in [-0.3, -0.25) is 4.79 Å². The highest BCUT2D eigenvalue weighted by molar-refractivity contribution is 5.75. The van der Waals surface area contributed by atoms with Gasteiger partial charge in [-0.1, -0.05) is 13.3 Å². The third-order valence-electron chi connectivity index (χ3n) is 3.98. The van der Waals surface area contributed by atoms with Crippen molar-refractivity contribution in [3.63, 3.8) is 0 Å². The van der Waals surface area contributed by atoms with Crippen LogP contribution in [-0.4, -0.2) is 34.5 Å². The number of unbranched alkanes of at least 4 members (excludes halogenated alkanes) is 1. The summed E-state index contributed by atoms with van der Waals surface area (Å²) in [5.41, 5.74) is -0.116. The van der Waals surface area contributed by atoms with Crippen molar-refractivity contribution in [3.8, 4) is 0 Å². The van der Waals surface area contributed by atoms with Crippen molar-refractivity contribution in [3.05, 3.63) is 0 Å². The van der Waals surface area contributed by atoms with Crippen LogP contribution in [0.2, 0.25) is 0 Å². The van der Waals surface area contributed by atoms with E-state index in [-0.39, 0.29) is 17.0 Å². The maximum Gasteiger partial charge on any atom is 0.220 e. The van der Waals surface area contributed by atoms with E-state index in [9.17, 15) is 4.79 Å². The van der Waals surface area contributed by atoms with E-state index in [0.29, 0.717) is 6.04 Å². The van der Waals surface area contributed by atoms with Crippen molar-refractivity contribution in [2.24, 2.45) is 0 Å². The molecule has 1 rings (SSSR count). The van der Waals surface area contributed by atoms with E-state index >= 15 is 0 Å². The molecule has 106 valence electrons. The van der Waals surface area contributed by atoms with E-state index in [4.69, 9.17) is 0 Å². The second kappa shape index (κ2) is 5.60. The Bertz CT molecular complexity index is 279. The molecule has 1 aliphatic heterocycles. The first kappa shape index (κ1) is 15.5. The predicted octanol–water partition coefficient (Wildman–Crippen LogP) is 2.94. The van der Waals surface area contributed by atoms with Crippen LogP contribution >= 0.6 is 0 Å². The van der Waals surface area contributed by atoms with Gasteiger partial charge >= 0.3 is 0 Å². The second-order valence-electron chi connectivity index (χ2n) is 6.89. The van der Waals surface area contributed by atoms with E-state index in [1.54, 1.807) is 6.92 Å². The molecule has 0 aromatic heterocycles. The van der Waals surface area contributed by atoms with Gasteiger partial charge in [0.2, 0.25) is 5.91 Å². The molecule has 1 N–H and O–H groups in total. The zero-order valence-corrected chi connectivity index (χ0v) is 13.0. The van der Waals surface area contributed by atoms with Crippen LogP contribution < -0.4 is 5.32 Å². The summed E-state index contributed by atoms with van der Waals surface area (Å²) in [6.45, 7) is 13.7. The van der Waals surface area contributed by atoms with Crippen LogP contribution in [0.5, 0.6) is 0 Å². The molecule has 18 heavy (non-hydrogen) atoms. The average Bonchev–Trinajstić information content (AvgIpc) is 2.12. The van der Waals surface area contributed by atoms with E-state index < -0.39 is 0 Å². The highest BCUT2D eigenvalue weighted by Gasteiger charge is 2.46. The van der Waals surface area contributed by atoms with Crippen molar-refractivity contribution in [2.75, 3.05) is 6.54 Å². The summed E-state index contributed by atoms with van der Waals surface area (Å²) in [5, 5.41) is 3.66. The molecule has 0 radical (unpaired) electrons. The van der Waals surface area contributed by atoms with Crippen LogP contribution in [0.1, 0.15) is 67.2 Å². The fourth-order valence-corrected chi connectivity index (χ4v) is 3.76. The van der Waals surface area contributed by atoms with Crippen LogP contribution in [0, 0.1) is 0 Å². The summed E-state index contributed by atoms with van der Waals surface area (Å²) in [4.78, 5) is 14.0. The zero-order valence-electron chi connectivity index (χ0n) is 13.0. The molecule has 0 spiro atoms. The summed E-state index contributed by atoms with van der Waals surface area (Å²) >= 11 is 0. The maximum absolute atomic E-state index is 11.9. The Kier molecular flexibility index (Phi) is 4.82. The van der Waals surface area contributed by atoms with Crippen molar-refractivity contribution < 1.29 is 4.79 Å². The largest absolute Gasteiger partial charge is 0.333 e. The minimum atomic E-state index is -0.0581. The first-order valence-electron chi connectivity index (χ1n) is 7.25. The molecule has 1 saturated heterocycles. The molecule has 0 bridgehead atoms. The number of rotatable bonds is 4. The summed E-state index contributed by atoms with van der Waals surface area (Å²) in [6.07, 6.45) is 4.54. The highest BCUT2D eigenvalue weighted by Crippen LogP contribution is 2.38. The standard InChI is InChI=1S/C15H30N2O/c1-7-8-9-16-13-10-14(3,4)17(12(2)18)15(5,6)11-13/h13,16H,7-11H2,1-6H3. The van der Waals surface area contributed by atoms with Gasteiger partial charge in [0, 0.05) is 24.0 Å². The number of amides is 1. The Hall–Kier alpha value is -0.570. The number of nitrogens with one attached hydrogen (secondary N) is 1. The molecule has 0 saturated carbocycles. The number of likely N-dealkylation sites (tertiary alicyclic amines) is 1. The molecule has 3 heteroatoms. The topological polar surface area (TPSA) is 32.3 Å². The quantitative estimate of drug-likeness (QED) is 0.782. The van der Waals surface area contributed by atoms with Gasteiger partial charge in [0.05, 0.1) is 0 Å². The Balaban J connectivity index is 2.75. The van der Waals surface area contributed by atoms with Crippen LogP contribution in [-0.2, 0) is 4.79 Å². The minimum absolute atomic E-state index is 0.0581. The van der Waals surface area contributed by atoms with Crippen molar-refractivity contribution in [1.29, 1.82) is 0 Å². The summed E-state index contributed by atoms with van der Waals surface area (Å²) < 4.78 is 0. The van der Waals surface area contributed by atoms with Crippen molar-refractivity contribution >= 4 is 5.91 Å². The lowest BCUT2D eigenvalue weighted by atomic mass is 9.77. The van der Waals surface area contributed by atoms with E-state index in [1.807, 2.05) is 0 Å². The van der Waals surface area contributed by atoms with Gasteiger partial charge < -0.3 is 10.2 Å². The monoisotopic (exact) mass is 254 g/mol. The van der Waals surface area contributed by atoms with E-state index in [0.717, 1.165) is 19.4 Å². The fourth-order valence-electron chi connectivity index (χ4n) is 3.76. The van der Waals surface area contributed by atoms with Gasteiger partial charge in [-0.2, -0.15) is 0 Å². The van der Waals surface area contributed by atoms with Crippen molar-refractivity contribution in [1.82, 2.24) is 10.2 Å². The first-order valence-corrected chi connectivity index (χ1v) is 7.25. The fraction of sp³-hybridized carbons (Fsp3) is 0.933. The summed E-state index contributed by atoms with van der Waals surface area (Å²) in [7, 11) is 0. The normalized spacial score (nSPS) is 23.1. The molecule has 1 amide bonds. The van der Waals surface area contributed by atoms with E-state index in [1.165, 1.54) is 12.8 Å². The smallest absolute Gasteiger partial charge is 0.220 e. The van der Waals surface area contributed by atoms with Gasteiger partial charge in [-0.25, -0.2) is 0 Å². The third-order valence-corrected chi connectivity index (χ3v) is 3.98. The Morgan fingerprint density at radius 1 is 1.22 bits per heavy atom. The van der Waals surface area contributed by atoms with Gasteiger partial charge in [0.1, 0.15) is 0 Å². The number of carbonyl (C=O) groups is 1. The number of hydrogen-bond acceptors (Lipinski definition) is 2. The van der Waals surface area contributed by atoms with Gasteiger partial charge in [0.15, 0.2) is 0 Å². The lowest BCUT2D eigenvalue weighted by Crippen LogP contribution is -2.65.